The number of hydrogen-bond acceptors (Lipinski definition) is 5. The van der Waals surface area contributed by atoms with Gasteiger partial charge in [0.05, 0.1) is 25.5 Å². The number of benzene rings is 2. The van der Waals surface area contributed by atoms with Gasteiger partial charge in [-0.1, -0.05) is 37.3 Å². The van der Waals surface area contributed by atoms with Crippen LogP contribution in [0.1, 0.15) is 25.0 Å². The zero-order chi connectivity index (χ0) is 24.0. The number of aliphatic hydroxyl groups excluding tert-OH is 1. The van der Waals surface area contributed by atoms with Crippen molar-refractivity contribution in [2.75, 3.05) is 39.1 Å². The molecule has 178 valence electrons. The van der Waals surface area contributed by atoms with Crippen molar-refractivity contribution in [1.82, 2.24) is 9.80 Å². The lowest BCUT2D eigenvalue weighted by molar-refractivity contribution is -0.134. The van der Waals surface area contributed by atoms with E-state index in [4.69, 9.17) is 4.74 Å². The van der Waals surface area contributed by atoms with E-state index in [0.29, 0.717) is 24.5 Å². The quantitative estimate of drug-likeness (QED) is 0.674. The molecule has 2 aromatic carbocycles. The molecule has 1 heterocycles. The highest BCUT2D eigenvalue weighted by molar-refractivity contribution is 5.92. The summed E-state index contributed by atoms with van der Waals surface area (Å²) in [7, 11) is 3.99. The van der Waals surface area contributed by atoms with Gasteiger partial charge in [-0.3, -0.25) is 9.59 Å². The Hall–Kier alpha value is -2.90. The minimum atomic E-state index is -0.282. The van der Waals surface area contributed by atoms with E-state index in [2.05, 4.69) is 17.1 Å². The second-order valence-corrected chi connectivity index (χ2v) is 9.18. The molecular formula is C26H35N3O4. The molecule has 3 rings (SSSR count). The Morgan fingerprint density at radius 1 is 1.24 bits per heavy atom. The molecule has 3 atom stereocenters. The van der Waals surface area contributed by atoms with E-state index in [1.165, 1.54) is 0 Å². The molecule has 0 bridgehead atoms. The van der Waals surface area contributed by atoms with Crippen molar-refractivity contribution in [1.29, 1.82) is 0 Å². The molecular weight excluding hydrogens is 418 g/mol. The average molecular weight is 454 g/mol. The second kappa shape index (κ2) is 11.3. The predicted octanol–water partition coefficient (Wildman–Crippen LogP) is 2.58. The molecule has 2 aromatic rings. The van der Waals surface area contributed by atoms with Gasteiger partial charge in [0.1, 0.15) is 11.9 Å². The van der Waals surface area contributed by atoms with Crippen LogP contribution in [-0.4, -0.2) is 72.7 Å². The number of carbonyl (C=O) groups is 2. The lowest BCUT2D eigenvalue weighted by Crippen LogP contribution is -2.47. The molecule has 2 N–H and O–H groups in total. The van der Waals surface area contributed by atoms with E-state index in [0.717, 1.165) is 11.1 Å². The van der Waals surface area contributed by atoms with Gasteiger partial charge in [0, 0.05) is 30.3 Å². The first-order valence-corrected chi connectivity index (χ1v) is 11.4. The first kappa shape index (κ1) is 24.7. The minimum absolute atomic E-state index is 0.0634. The minimum Gasteiger partial charge on any atom is -0.488 e. The van der Waals surface area contributed by atoms with Crippen LogP contribution in [0.2, 0.25) is 0 Å². The molecule has 0 spiro atoms. The predicted molar refractivity (Wildman–Crippen MR) is 129 cm³/mol. The van der Waals surface area contributed by atoms with Crippen LogP contribution >= 0.6 is 0 Å². The summed E-state index contributed by atoms with van der Waals surface area (Å²) >= 11 is 0. The van der Waals surface area contributed by atoms with E-state index in [1.807, 2.05) is 69.6 Å². The smallest absolute Gasteiger partial charge is 0.228 e. The highest BCUT2D eigenvalue weighted by atomic mass is 16.5. The molecule has 33 heavy (non-hydrogen) atoms. The fourth-order valence-corrected chi connectivity index (χ4v) is 4.07. The van der Waals surface area contributed by atoms with Crippen molar-refractivity contribution in [2.45, 2.75) is 38.8 Å². The van der Waals surface area contributed by atoms with Gasteiger partial charge in [0.2, 0.25) is 11.8 Å². The lowest BCUT2D eigenvalue weighted by atomic mass is 10.0. The van der Waals surface area contributed by atoms with E-state index in [1.54, 1.807) is 4.90 Å². The van der Waals surface area contributed by atoms with Crippen LogP contribution in [0.5, 0.6) is 5.75 Å². The van der Waals surface area contributed by atoms with Crippen LogP contribution in [0, 0.1) is 5.92 Å². The Bertz CT molecular complexity index is 948. The third-order valence-electron chi connectivity index (χ3n) is 5.95. The molecule has 0 fully saturated rings. The van der Waals surface area contributed by atoms with Gasteiger partial charge in [0.15, 0.2) is 0 Å². The molecule has 0 aromatic heterocycles. The van der Waals surface area contributed by atoms with E-state index >= 15 is 0 Å². The van der Waals surface area contributed by atoms with Crippen LogP contribution in [0.3, 0.4) is 0 Å². The summed E-state index contributed by atoms with van der Waals surface area (Å²) in [5.41, 5.74) is 2.29. The Morgan fingerprint density at radius 3 is 2.64 bits per heavy atom. The van der Waals surface area contributed by atoms with Crippen molar-refractivity contribution < 1.29 is 19.4 Å². The molecule has 1 aliphatic rings. The van der Waals surface area contributed by atoms with E-state index in [-0.39, 0.29) is 49.3 Å². The molecule has 0 saturated carbocycles. The molecule has 0 radical (unpaired) electrons. The van der Waals surface area contributed by atoms with Crippen molar-refractivity contribution in [2.24, 2.45) is 5.92 Å². The van der Waals surface area contributed by atoms with Crippen LogP contribution in [0.25, 0.3) is 0 Å². The second-order valence-electron chi connectivity index (χ2n) is 9.18. The SMILES string of the molecule is C[C@@H]1CN([C@H](C)CO)C(=O)Cc2cc(NC(=O)Cc3ccccc3)ccc2O[C@H]1CN(C)C. The van der Waals surface area contributed by atoms with Gasteiger partial charge in [0.25, 0.3) is 0 Å². The average Bonchev–Trinajstić information content (AvgIpc) is 2.82. The molecule has 1 aliphatic heterocycles. The molecule has 7 nitrogen and oxygen atoms in total. The Morgan fingerprint density at radius 2 is 1.97 bits per heavy atom. The van der Waals surface area contributed by atoms with E-state index in [9.17, 15) is 14.7 Å². The maximum atomic E-state index is 13.2. The van der Waals surface area contributed by atoms with E-state index < -0.39 is 0 Å². The monoisotopic (exact) mass is 453 g/mol. The summed E-state index contributed by atoms with van der Waals surface area (Å²) in [5, 5.41) is 12.7. The molecule has 0 saturated heterocycles. The number of likely N-dealkylation sites (N-methyl/N-ethyl adjacent to an activating group) is 1. The maximum Gasteiger partial charge on any atom is 0.228 e. The summed E-state index contributed by atoms with van der Waals surface area (Å²) < 4.78 is 6.41. The summed E-state index contributed by atoms with van der Waals surface area (Å²) in [6.45, 7) is 5.03. The molecule has 0 aliphatic carbocycles. The zero-order valence-corrected chi connectivity index (χ0v) is 20.0. The van der Waals surface area contributed by atoms with Crippen molar-refractivity contribution in [3.63, 3.8) is 0 Å². The van der Waals surface area contributed by atoms with Crippen LogP contribution in [0.4, 0.5) is 5.69 Å². The van der Waals surface area contributed by atoms with Crippen LogP contribution in [0.15, 0.2) is 48.5 Å². The number of rotatable bonds is 7. The topological polar surface area (TPSA) is 82.1 Å². The van der Waals surface area contributed by atoms with Crippen molar-refractivity contribution >= 4 is 17.5 Å². The van der Waals surface area contributed by atoms with Crippen molar-refractivity contribution in [3.05, 3.63) is 59.7 Å². The number of amides is 2. The highest BCUT2D eigenvalue weighted by Crippen LogP contribution is 2.29. The first-order valence-electron chi connectivity index (χ1n) is 11.4. The number of ether oxygens (including phenoxy) is 1. The van der Waals surface area contributed by atoms with Gasteiger partial charge in [-0.2, -0.15) is 0 Å². The number of anilines is 1. The standard InChI is InChI=1S/C26H35N3O4/c1-18-15-29(19(2)17-30)26(32)14-21-13-22(10-11-23(21)33-24(18)16-28(3)4)27-25(31)12-20-8-6-5-7-9-20/h5-11,13,18-19,24,30H,12,14-17H2,1-4H3,(H,27,31)/t18-,19-,24+/m1/s1. The number of nitrogens with zero attached hydrogens (tertiary/aromatic N) is 2. The number of carbonyl (C=O) groups excluding carboxylic acids is 2. The first-order chi connectivity index (χ1) is 15.8. The van der Waals surface area contributed by atoms with Gasteiger partial charge < -0.3 is 25.0 Å². The number of nitrogens with one attached hydrogen (secondary N) is 1. The zero-order valence-electron chi connectivity index (χ0n) is 20.0. The van der Waals surface area contributed by atoms with Crippen molar-refractivity contribution in [3.8, 4) is 5.75 Å². The molecule has 2 amide bonds. The number of hydrogen-bond donors (Lipinski definition) is 2. The Kier molecular flexibility index (Phi) is 8.47. The Labute approximate surface area is 196 Å². The van der Waals surface area contributed by atoms with Crippen LogP contribution < -0.4 is 10.1 Å². The maximum absolute atomic E-state index is 13.2. The summed E-state index contributed by atoms with van der Waals surface area (Å²) in [6, 6.07) is 14.8. The van der Waals surface area contributed by atoms with Gasteiger partial charge in [-0.05, 0) is 44.8 Å². The number of aliphatic hydroxyl groups is 1. The summed E-state index contributed by atoms with van der Waals surface area (Å²) in [4.78, 5) is 29.5. The third kappa shape index (κ3) is 6.79. The highest BCUT2D eigenvalue weighted by Gasteiger charge is 2.30. The third-order valence-corrected chi connectivity index (χ3v) is 5.95. The largest absolute Gasteiger partial charge is 0.488 e. The fourth-order valence-electron chi connectivity index (χ4n) is 4.07. The van der Waals surface area contributed by atoms with Gasteiger partial charge in [-0.15, -0.1) is 0 Å². The van der Waals surface area contributed by atoms with Gasteiger partial charge in [-0.25, -0.2) is 0 Å². The summed E-state index contributed by atoms with van der Waals surface area (Å²) in [6.07, 6.45) is 0.290. The Balaban J connectivity index is 1.86. The number of fused-ring (bicyclic) bond motifs is 1. The lowest BCUT2D eigenvalue weighted by Gasteiger charge is -2.33. The molecule has 7 heteroatoms. The fraction of sp³-hybridized carbons (Fsp3) is 0.462. The molecule has 0 unspecified atom stereocenters. The normalized spacial score (nSPS) is 19.7. The summed E-state index contributed by atoms with van der Waals surface area (Å²) in [5.74, 6) is 0.542. The van der Waals surface area contributed by atoms with Crippen LogP contribution in [-0.2, 0) is 22.4 Å². The van der Waals surface area contributed by atoms with Gasteiger partial charge >= 0.3 is 0 Å².